The van der Waals surface area contributed by atoms with Crippen LogP contribution in [0.3, 0.4) is 0 Å². The maximum atomic E-state index is 13.6. The molecule has 0 saturated carbocycles. The third kappa shape index (κ3) is 3.64. The van der Waals surface area contributed by atoms with Crippen molar-refractivity contribution < 1.29 is 9.13 Å². The summed E-state index contributed by atoms with van der Waals surface area (Å²) in [4.78, 5) is 0. The molecule has 2 rings (SSSR count). The van der Waals surface area contributed by atoms with E-state index in [9.17, 15) is 4.39 Å². The summed E-state index contributed by atoms with van der Waals surface area (Å²) >= 11 is 6.14. The number of ether oxygens (including phenoxy) is 1. The van der Waals surface area contributed by atoms with Gasteiger partial charge in [0.05, 0.1) is 17.8 Å². The van der Waals surface area contributed by atoms with Gasteiger partial charge in [-0.2, -0.15) is 0 Å². The molecule has 0 spiro atoms. The number of halogens is 2. The SMILES string of the molecule is COc1ccc(Cl)c(NC(C)Cc2ccccc2F)c1. The lowest BCUT2D eigenvalue weighted by Crippen LogP contribution is -2.19. The number of hydrogen-bond acceptors (Lipinski definition) is 2. The minimum Gasteiger partial charge on any atom is -0.497 e. The summed E-state index contributed by atoms with van der Waals surface area (Å²) < 4.78 is 18.8. The van der Waals surface area contributed by atoms with E-state index < -0.39 is 0 Å². The molecule has 2 nitrogen and oxygen atoms in total. The maximum absolute atomic E-state index is 13.6. The number of nitrogens with one attached hydrogen (secondary N) is 1. The Morgan fingerprint density at radius 3 is 2.70 bits per heavy atom. The van der Waals surface area contributed by atoms with Crippen molar-refractivity contribution in [3.05, 3.63) is 58.9 Å². The zero-order valence-electron chi connectivity index (χ0n) is 11.5. The minimum absolute atomic E-state index is 0.0523. The van der Waals surface area contributed by atoms with Crippen molar-refractivity contribution in [1.29, 1.82) is 0 Å². The van der Waals surface area contributed by atoms with Crippen LogP contribution in [0.25, 0.3) is 0 Å². The van der Waals surface area contributed by atoms with Gasteiger partial charge in [-0.1, -0.05) is 29.8 Å². The topological polar surface area (TPSA) is 21.3 Å². The Bertz CT molecular complexity index is 588. The average molecular weight is 294 g/mol. The van der Waals surface area contributed by atoms with Crippen LogP contribution in [0.15, 0.2) is 42.5 Å². The average Bonchev–Trinajstić information content (AvgIpc) is 2.44. The zero-order valence-corrected chi connectivity index (χ0v) is 12.2. The molecule has 0 heterocycles. The van der Waals surface area contributed by atoms with Gasteiger partial charge in [-0.05, 0) is 37.1 Å². The molecule has 0 aliphatic rings. The van der Waals surface area contributed by atoms with Gasteiger partial charge < -0.3 is 10.1 Å². The summed E-state index contributed by atoms with van der Waals surface area (Å²) in [6.07, 6.45) is 0.584. The van der Waals surface area contributed by atoms with Crippen LogP contribution in [-0.2, 0) is 6.42 Å². The molecule has 0 aliphatic carbocycles. The Hall–Kier alpha value is -1.74. The number of methoxy groups -OCH3 is 1. The lowest BCUT2D eigenvalue weighted by Gasteiger charge is -2.17. The van der Waals surface area contributed by atoms with Crippen molar-refractivity contribution in [3.63, 3.8) is 0 Å². The molecular formula is C16H17ClFNO. The van der Waals surface area contributed by atoms with Crippen LogP contribution in [0.2, 0.25) is 5.02 Å². The zero-order chi connectivity index (χ0) is 14.5. The highest BCUT2D eigenvalue weighted by molar-refractivity contribution is 6.33. The molecule has 0 aromatic heterocycles. The second kappa shape index (κ2) is 6.62. The Morgan fingerprint density at radius 2 is 2.00 bits per heavy atom. The molecule has 1 N–H and O–H groups in total. The highest BCUT2D eigenvalue weighted by Gasteiger charge is 2.10. The van der Waals surface area contributed by atoms with Crippen molar-refractivity contribution in [1.82, 2.24) is 0 Å². The lowest BCUT2D eigenvalue weighted by atomic mass is 10.1. The maximum Gasteiger partial charge on any atom is 0.126 e. The third-order valence-corrected chi connectivity index (χ3v) is 3.39. The van der Waals surface area contributed by atoms with Gasteiger partial charge in [-0.3, -0.25) is 0 Å². The van der Waals surface area contributed by atoms with Gasteiger partial charge in [-0.15, -0.1) is 0 Å². The summed E-state index contributed by atoms with van der Waals surface area (Å²) in [5.74, 6) is 0.549. The molecule has 0 amide bonds. The molecule has 0 bridgehead atoms. The Kier molecular flexibility index (Phi) is 4.85. The molecular weight excluding hydrogens is 277 g/mol. The van der Waals surface area contributed by atoms with E-state index in [1.54, 1.807) is 31.4 Å². The van der Waals surface area contributed by atoms with Crippen LogP contribution in [0, 0.1) is 5.82 Å². The monoisotopic (exact) mass is 293 g/mol. The molecule has 20 heavy (non-hydrogen) atoms. The predicted octanol–water partition coefficient (Wildman–Crippen LogP) is 4.53. The van der Waals surface area contributed by atoms with Gasteiger partial charge in [0.1, 0.15) is 11.6 Å². The Morgan fingerprint density at radius 1 is 1.25 bits per heavy atom. The van der Waals surface area contributed by atoms with E-state index in [0.717, 1.165) is 11.4 Å². The molecule has 2 aromatic rings. The number of rotatable bonds is 5. The summed E-state index contributed by atoms with van der Waals surface area (Å²) in [5, 5.41) is 3.90. The van der Waals surface area contributed by atoms with Crippen molar-refractivity contribution in [2.75, 3.05) is 12.4 Å². The van der Waals surface area contributed by atoms with Gasteiger partial charge in [0, 0.05) is 12.1 Å². The van der Waals surface area contributed by atoms with E-state index in [-0.39, 0.29) is 11.9 Å². The van der Waals surface area contributed by atoms with Gasteiger partial charge in [0.15, 0.2) is 0 Å². The fourth-order valence-electron chi connectivity index (χ4n) is 2.05. The normalized spacial score (nSPS) is 12.0. The molecule has 106 valence electrons. The van der Waals surface area contributed by atoms with Crippen molar-refractivity contribution in [2.45, 2.75) is 19.4 Å². The van der Waals surface area contributed by atoms with Gasteiger partial charge in [-0.25, -0.2) is 4.39 Å². The van der Waals surface area contributed by atoms with Crippen LogP contribution in [0.5, 0.6) is 5.75 Å². The van der Waals surface area contributed by atoms with E-state index in [2.05, 4.69) is 5.32 Å². The fourth-order valence-corrected chi connectivity index (χ4v) is 2.22. The van der Waals surface area contributed by atoms with Crippen molar-refractivity contribution >= 4 is 17.3 Å². The number of anilines is 1. The number of hydrogen-bond donors (Lipinski definition) is 1. The molecule has 0 aliphatic heterocycles. The largest absolute Gasteiger partial charge is 0.497 e. The molecule has 0 fully saturated rings. The van der Waals surface area contributed by atoms with Crippen LogP contribution in [0.1, 0.15) is 12.5 Å². The fraction of sp³-hybridized carbons (Fsp3) is 0.250. The smallest absolute Gasteiger partial charge is 0.126 e. The molecule has 0 radical (unpaired) electrons. The summed E-state index contributed by atoms with van der Waals surface area (Å²) in [6, 6.07) is 12.3. The quantitative estimate of drug-likeness (QED) is 0.874. The standard InChI is InChI=1S/C16H17ClFNO/c1-11(9-12-5-3-4-6-15(12)18)19-16-10-13(20-2)7-8-14(16)17/h3-8,10-11,19H,9H2,1-2H3. The third-order valence-electron chi connectivity index (χ3n) is 3.06. The Labute approximate surface area is 123 Å². The summed E-state index contributed by atoms with van der Waals surface area (Å²) in [5.41, 5.74) is 1.47. The van der Waals surface area contributed by atoms with E-state index in [0.29, 0.717) is 17.0 Å². The first-order valence-corrected chi connectivity index (χ1v) is 6.81. The predicted molar refractivity (Wildman–Crippen MR) is 81.2 cm³/mol. The first-order chi connectivity index (χ1) is 9.60. The van der Waals surface area contributed by atoms with Crippen molar-refractivity contribution in [3.8, 4) is 5.75 Å². The van der Waals surface area contributed by atoms with E-state index in [4.69, 9.17) is 16.3 Å². The minimum atomic E-state index is -0.183. The highest BCUT2D eigenvalue weighted by atomic mass is 35.5. The molecule has 4 heteroatoms. The summed E-state index contributed by atoms with van der Waals surface area (Å²) in [7, 11) is 1.61. The van der Waals surface area contributed by atoms with Gasteiger partial charge >= 0.3 is 0 Å². The molecule has 0 saturated heterocycles. The summed E-state index contributed by atoms with van der Waals surface area (Å²) in [6.45, 7) is 1.99. The van der Waals surface area contributed by atoms with E-state index in [1.807, 2.05) is 19.1 Å². The molecule has 1 atom stereocenters. The molecule has 1 unspecified atom stereocenters. The second-order valence-electron chi connectivity index (χ2n) is 4.69. The first-order valence-electron chi connectivity index (χ1n) is 6.43. The second-order valence-corrected chi connectivity index (χ2v) is 5.09. The highest BCUT2D eigenvalue weighted by Crippen LogP contribution is 2.27. The van der Waals surface area contributed by atoms with Crippen LogP contribution in [0.4, 0.5) is 10.1 Å². The molecule has 2 aromatic carbocycles. The first kappa shape index (κ1) is 14.7. The van der Waals surface area contributed by atoms with Crippen molar-refractivity contribution in [2.24, 2.45) is 0 Å². The van der Waals surface area contributed by atoms with E-state index >= 15 is 0 Å². The number of benzene rings is 2. The van der Waals surface area contributed by atoms with Gasteiger partial charge in [0.25, 0.3) is 0 Å². The van der Waals surface area contributed by atoms with Crippen LogP contribution >= 0.6 is 11.6 Å². The Balaban J connectivity index is 2.08. The van der Waals surface area contributed by atoms with E-state index in [1.165, 1.54) is 6.07 Å². The van der Waals surface area contributed by atoms with Crippen LogP contribution in [-0.4, -0.2) is 13.2 Å². The van der Waals surface area contributed by atoms with Crippen LogP contribution < -0.4 is 10.1 Å². The lowest BCUT2D eigenvalue weighted by molar-refractivity contribution is 0.415. The van der Waals surface area contributed by atoms with Gasteiger partial charge in [0.2, 0.25) is 0 Å².